The molecule has 2 heteroatoms. The normalized spacial score (nSPS) is 17.1. The van der Waals surface area contributed by atoms with Crippen LogP contribution in [0.5, 0.6) is 0 Å². The van der Waals surface area contributed by atoms with E-state index in [1.807, 2.05) is 0 Å². The highest BCUT2D eigenvalue weighted by Crippen LogP contribution is 2.15. The van der Waals surface area contributed by atoms with Gasteiger partial charge in [0.2, 0.25) is 0 Å². The van der Waals surface area contributed by atoms with Crippen LogP contribution >= 0.6 is 0 Å². The van der Waals surface area contributed by atoms with Crippen LogP contribution in [0.2, 0.25) is 0 Å². The summed E-state index contributed by atoms with van der Waals surface area (Å²) in [5.74, 6) is 0. The molecule has 1 heterocycles. The number of nitrogens with zero attached hydrogens (tertiary/aromatic N) is 1. The lowest BCUT2D eigenvalue weighted by atomic mass is 10.0. The fraction of sp³-hybridized carbons (Fsp3) is 0.368. The van der Waals surface area contributed by atoms with Crippen LogP contribution in [0.25, 0.3) is 0 Å². The van der Waals surface area contributed by atoms with Crippen molar-refractivity contribution in [2.24, 2.45) is 0 Å². The second-order valence-corrected chi connectivity index (χ2v) is 5.69. The van der Waals surface area contributed by atoms with E-state index < -0.39 is 0 Å². The van der Waals surface area contributed by atoms with Crippen molar-refractivity contribution in [3.8, 4) is 0 Å². The third kappa shape index (κ3) is 4.16. The number of benzene rings is 2. The first-order chi connectivity index (χ1) is 10.4. The second kappa shape index (κ2) is 7.39. The molecule has 0 bridgehead atoms. The first kappa shape index (κ1) is 14.3. The molecule has 0 saturated heterocycles. The van der Waals surface area contributed by atoms with Gasteiger partial charge in [0.05, 0.1) is 13.2 Å². The van der Waals surface area contributed by atoms with Crippen LogP contribution in [0.15, 0.2) is 54.6 Å². The molecule has 1 aliphatic heterocycles. The number of rotatable bonds is 2. The Morgan fingerprint density at radius 1 is 0.857 bits per heavy atom. The minimum atomic E-state index is 0.745. The molecule has 110 valence electrons. The first-order valence-electron chi connectivity index (χ1n) is 7.82. The van der Waals surface area contributed by atoms with Gasteiger partial charge in [-0.1, -0.05) is 54.6 Å². The smallest absolute Gasteiger partial charge is 0.0720 e. The van der Waals surface area contributed by atoms with Gasteiger partial charge in [0, 0.05) is 13.1 Å². The fourth-order valence-corrected chi connectivity index (χ4v) is 2.92. The Kier molecular flexibility index (Phi) is 5.03. The summed E-state index contributed by atoms with van der Waals surface area (Å²) in [4.78, 5) is 2.50. The van der Waals surface area contributed by atoms with Crippen LogP contribution in [0, 0.1) is 0 Å². The van der Waals surface area contributed by atoms with Gasteiger partial charge in [-0.25, -0.2) is 0 Å². The Bertz CT molecular complexity index is 553. The van der Waals surface area contributed by atoms with Gasteiger partial charge in [-0.15, -0.1) is 0 Å². The molecule has 0 fully saturated rings. The SMILES string of the molecule is c1ccc(CN2CCCc3ccccc3COCC2)cc1. The van der Waals surface area contributed by atoms with Crippen molar-refractivity contribution in [2.75, 3.05) is 19.7 Å². The quantitative estimate of drug-likeness (QED) is 0.833. The number of ether oxygens (including phenoxy) is 1. The van der Waals surface area contributed by atoms with Crippen molar-refractivity contribution >= 4 is 0 Å². The summed E-state index contributed by atoms with van der Waals surface area (Å²) in [7, 11) is 0. The van der Waals surface area contributed by atoms with Crippen LogP contribution in [-0.4, -0.2) is 24.6 Å². The topological polar surface area (TPSA) is 12.5 Å². The summed E-state index contributed by atoms with van der Waals surface area (Å²) < 4.78 is 5.86. The lowest BCUT2D eigenvalue weighted by Crippen LogP contribution is -2.29. The molecule has 0 atom stereocenters. The van der Waals surface area contributed by atoms with Gasteiger partial charge in [0.25, 0.3) is 0 Å². The summed E-state index contributed by atoms with van der Waals surface area (Å²) in [6.45, 7) is 4.71. The minimum absolute atomic E-state index is 0.745. The highest BCUT2D eigenvalue weighted by molar-refractivity contribution is 5.26. The Balaban J connectivity index is 1.63. The lowest BCUT2D eigenvalue weighted by molar-refractivity contribution is 0.0872. The highest BCUT2D eigenvalue weighted by atomic mass is 16.5. The molecule has 1 aliphatic rings. The molecule has 0 saturated carbocycles. The van der Waals surface area contributed by atoms with E-state index >= 15 is 0 Å². The zero-order valence-electron chi connectivity index (χ0n) is 12.5. The predicted molar refractivity (Wildman–Crippen MR) is 86.1 cm³/mol. The molecule has 0 aromatic heterocycles. The molecule has 0 spiro atoms. The van der Waals surface area contributed by atoms with E-state index in [1.54, 1.807) is 0 Å². The molecule has 2 nitrogen and oxygen atoms in total. The average Bonchev–Trinajstić information content (AvgIpc) is 2.54. The van der Waals surface area contributed by atoms with E-state index in [0.29, 0.717) is 0 Å². The largest absolute Gasteiger partial charge is 0.375 e. The van der Waals surface area contributed by atoms with Crippen molar-refractivity contribution in [3.63, 3.8) is 0 Å². The van der Waals surface area contributed by atoms with Crippen molar-refractivity contribution in [1.29, 1.82) is 0 Å². The first-order valence-corrected chi connectivity index (χ1v) is 7.82. The Labute approximate surface area is 127 Å². The standard InChI is InChI=1S/C19H23NO/c1-2-7-17(8-3-1)15-20-12-6-11-18-9-4-5-10-19(18)16-21-14-13-20/h1-5,7-10H,6,11-16H2. The Hall–Kier alpha value is -1.64. The maximum Gasteiger partial charge on any atom is 0.0720 e. The zero-order chi connectivity index (χ0) is 14.3. The van der Waals surface area contributed by atoms with Gasteiger partial charge < -0.3 is 4.74 Å². The fourth-order valence-electron chi connectivity index (χ4n) is 2.92. The molecule has 2 aromatic carbocycles. The van der Waals surface area contributed by atoms with Crippen LogP contribution in [0.3, 0.4) is 0 Å². The predicted octanol–water partition coefficient (Wildman–Crippen LogP) is 3.65. The van der Waals surface area contributed by atoms with E-state index in [9.17, 15) is 0 Å². The van der Waals surface area contributed by atoms with E-state index in [2.05, 4.69) is 59.5 Å². The van der Waals surface area contributed by atoms with Crippen molar-refractivity contribution in [2.45, 2.75) is 26.0 Å². The molecular formula is C19H23NO. The minimum Gasteiger partial charge on any atom is -0.375 e. The van der Waals surface area contributed by atoms with E-state index in [-0.39, 0.29) is 0 Å². The van der Waals surface area contributed by atoms with Gasteiger partial charge >= 0.3 is 0 Å². The van der Waals surface area contributed by atoms with Gasteiger partial charge in [0.1, 0.15) is 0 Å². The zero-order valence-corrected chi connectivity index (χ0v) is 12.5. The lowest BCUT2D eigenvalue weighted by Gasteiger charge is -2.24. The number of aryl methyl sites for hydroxylation is 1. The highest BCUT2D eigenvalue weighted by Gasteiger charge is 2.10. The molecule has 0 aliphatic carbocycles. The Morgan fingerprint density at radius 2 is 1.62 bits per heavy atom. The van der Waals surface area contributed by atoms with Crippen molar-refractivity contribution in [3.05, 3.63) is 71.3 Å². The molecule has 0 amide bonds. The molecule has 2 aromatic rings. The van der Waals surface area contributed by atoms with Gasteiger partial charge in [-0.3, -0.25) is 4.90 Å². The summed E-state index contributed by atoms with van der Waals surface area (Å²) in [5, 5.41) is 0. The van der Waals surface area contributed by atoms with Crippen LogP contribution < -0.4 is 0 Å². The average molecular weight is 281 g/mol. The van der Waals surface area contributed by atoms with Crippen LogP contribution in [-0.2, 0) is 24.3 Å². The molecule has 0 unspecified atom stereocenters. The molecular weight excluding hydrogens is 258 g/mol. The van der Waals surface area contributed by atoms with Gasteiger partial charge in [-0.2, -0.15) is 0 Å². The molecule has 0 N–H and O–H groups in total. The monoisotopic (exact) mass is 281 g/mol. The summed E-state index contributed by atoms with van der Waals surface area (Å²) >= 11 is 0. The van der Waals surface area contributed by atoms with E-state index in [4.69, 9.17) is 4.74 Å². The summed E-state index contributed by atoms with van der Waals surface area (Å²) in [6.07, 6.45) is 2.36. The molecule has 3 rings (SSSR count). The third-order valence-electron chi connectivity index (χ3n) is 4.10. The van der Waals surface area contributed by atoms with Gasteiger partial charge in [0.15, 0.2) is 0 Å². The van der Waals surface area contributed by atoms with Crippen LogP contribution in [0.4, 0.5) is 0 Å². The maximum atomic E-state index is 5.86. The number of hydrogen-bond donors (Lipinski definition) is 0. The maximum absolute atomic E-state index is 5.86. The second-order valence-electron chi connectivity index (χ2n) is 5.69. The Morgan fingerprint density at radius 3 is 2.48 bits per heavy atom. The van der Waals surface area contributed by atoms with Crippen molar-refractivity contribution < 1.29 is 4.74 Å². The molecule has 0 radical (unpaired) electrons. The van der Waals surface area contributed by atoms with E-state index in [1.165, 1.54) is 23.1 Å². The third-order valence-corrected chi connectivity index (χ3v) is 4.10. The van der Waals surface area contributed by atoms with E-state index in [0.717, 1.165) is 39.3 Å². The van der Waals surface area contributed by atoms with Gasteiger partial charge in [-0.05, 0) is 36.1 Å². The molecule has 21 heavy (non-hydrogen) atoms. The summed E-state index contributed by atoms with van der Waals surface area (Å²) in [5.41, 5.74) is 4.18. The van der Waals surface area contributed by atoms with Crippen molar-refractivity contribution in [1.82, 2.24) is 4.90 Å². The summed E-state index contributed by atoms with van der Waals surface area (Å²) in [6, 6.07) is 19.4. The number of fused-ring (bicyclic) bond motifs is 1. The van der Waals surface area contributed by atoms with Crippen LogP contribution in [0.1, 0.15) is 23.1 Å². The number of hydrogen-bond acceptors (Lipinski definition) is 2.